The van der Waals surface area contributed by atoms with Crippen LogP contribution in [0.25, 0.3) is 0 Å². The minimum Gasteiger partial charge on any atom is -0.337 e. The van der Waals surface area contributed by atoms with Gasteiger partial charge in [-0.1, -0.05) is 0 Å². The van der Waals surface area contributed by atoms with Crippen molar-refractivity contribution in [3.8, 4) is 0 Å². The first kappa shape index (κ1) is 15.3. The average Bonchev–Trinajstić information content (AvgIpc) is 2.89. The maximum atomic E-state index is 14.0. The maximum Gasteiger partial charge on any atom is 0.308 e. The van der Waals surface area contributed by atoms with Gasteiger partial charge >= 0.3 is 5.69 Å². The smallest absolute Gasteiger partial charge is 0.308 e. The highest BCUT2D eigenvalue weighted by molar-refractivity contribution is 5.95. The molecule has 0 aliphatic carbocycles. The van der Waals surface area contributed by atoms with E-state index in [1.165, 1.54) is 4.90 Å². The molecule has 0 saturated carbocycles. The van der Waals surface area contributed by atoms with Crippen LogP contribution in [0.4, 0.5) is 14.5 Å². The molecule has 2 rings (SSSR count). The Morgan fingerprint density at radius 3 is 2.62 bits per heavy atom. The fourth-order valence-electron chi connectivity index (χ4n) is 2.38. The van der Waals surface area contributed by atoms with Gasteiger partial charge in [0.05, 0.1) is 16.6 Å². The Balaban J connectivity index is 2.30. The van der Waals surface area contributed by atoms with E-state index in [0.29, 0.717) is 25.2 Å². The van der Waals surface area contributed by atoms with Gasteiger partial charge in [0.15, 0.2) is 0 Å². The predicted molar refractivity (Wildman–Crippen MR) is 71.0 cm³/mol. The van der Waals surface area contributed by atoms with E-state index in [2.05, 4.69) is 0 Å². The van der Waals surface area contributed by atoms with Crippen molar-refractivity contribution in [2.24, 2.45) is 0 Å². The summed E-state index contributed by atoms with van der Waals surface area (Å²) in [5.41, 5.74) is -1.62. The number of rotatable bonds is 3. The van der Waals surface area contributed by atoms with Crippen molar-refractivity contribution < 1.29 is 18.5 Å². The van der Waals surface area contributed by atoms with Crippen LogP contribution >= 0.6 is 0 Å². The Kier molecular flexibility index (Phi) is 4.17. The number of likely N-dealkylation sites (N-methyl/N-ethyl adjacent to an activating group) is 1. The number of nitro benzene ring substituents is 1. The number of halogens is 2. The number of carbonyl (C=O) groups excluding carboxylic acids is 1. The molecule has 1 aromatic carbocycles. The van der Waals surface area contributed by atoms with E-state index < -0.39 is 33.7 Å². The molecule has 1 saturated heterocycles. The first-order valence-corrected chi connectivity index (χ1v) is 6.40. The third-order valence-corrected chi connectivity index (χ3v) is 3.63. The Morgan fingerprint density at radius 1 is 1.43 bits per heavy atom. The lowest BCUT2D eigenvalue weighted by Gasteiger charge is -2.20. The molecule has 1 aliphatic heterocycles. The Hall–Kier alpha value is -2.09. The van der Waals surface area contributed by atoms with Crippen molar-refractivity contribution in [2.45, 2.75) is 12.5 Å². The van der Waals surface area contributed by atoms with Gasteiger partial charge in [-0.15, -0.1) is 0 Å². The van der Waals surface area contributed by atoms with Crippen LogP contribution in [0, 0.1) is 21.7 Å². The van der Waals surface area contributed by atoms with E-state index in [-0.39, 0.29) is 6.04 Å². The van der Waals surface area contributed by atoms with E-state index in [9.17, 15) is 23.7 Å². The zero-order chi connectivity index (χ0) is 15.7. The van der Waals surface area contributed by atoms with Crippen molar-refractivity contribution >= 4 is 11.6 Å². The normalized spacial score (nSPS) is 18.3. The molecule has 114 valence electrons. The van der Waals surface area contributed by atoms with Gasteiger partial charge in [-0.25, -0.2) is 4.39 Å². The summed E-state index contributed by atoms with van der Waals surface area (Å²) in [6, 6.07) is 1.31. The highest BCUT2D eigenvalue weighted by Gasteiger charge is 2.32. The van der Waals surface area contributed by atoms with Crippen molar-refractivity contribution in [1.82, 2.24) is 9.80 Å². The van der Waals surface area contributed by atoms with Crippen molar-refractivity contribution in [2.75, 3.05) is 27.2 Å². The van der Waals surface area contributed by atoms with Crippen LogP contribution < -0.4 is 0 Å². The van der Waals surface area contributed by atoms with Gasteiger partial charge in [-0.05, 0) is 26.6 Å². The van der Waals surface area contributed by atoms with Gasteiger partial charge < -0.3 is 9.80 Å². The van der Waals surface area contributed by atoms with E-state index in [0.717, 1.165) is 6.42 Å². The summed E-state index contributed by atoms with van der Waals surface area (Å²) in [5, 5.41) is 10.7. The molecule has 0 radical (unpaired) electrons. The highest BCUT2D eigenvalue weighted by atomic mass is 19.1. The minimum atomic E-state index is -1.29. The van der Waals surface area contributed by atoms with Gasteiger partial charge in [0.1, 0.15) is 5.82 Å². The molecule has 1 unspecified atom stereocenters. The number of hydrogen-bond donors (Lipinski definition) is 0. The van der Waals surface area contributed by atoms with Crippen LogP contribution in [0.15, 0.2) is 12.1 Å². The van der Waals surface area contributed by atoms with E-state index in [1.807, 2.05) is 19.0 Å². The molecule has 1 fully saturated rings. The van der Waals surface area contributed by atoms with Crippen LogP contribution in [0.5, 0.6) is 0 Å². The summed E-state index contributed by atoms with van der Waals surface area (Å²) < 4.78 is 27.4. The molecule has 0 spiro atoms. The third-order valence-electron chi connectivity index (χ3n) is 3.63. The average molecular weight is 299 g/mol. The fraction of sp³-hybridized carbons (Fsp3) is 0.462. The molecule has 1 aliphatic rings. The zero-order valence-electron chi connectivity index (χ0n) is 11.7. The quantitative estimate of drug-likeness (QED) is 0.629. The zero-order valence-corrected chi connectivity index (χ0v) is 11.7. The summed E-state index contributed by atoms with van der Waals surface area (Å²) in [6.07, 6.45) is 0.720. The van der Waals surface area contributed by atoms with Gasteiger partial charge in [-0.3, -0.25) is 14.9 Å². The molecule has 1 atom stereocenters. The number of likely N-dealkylation sites (tertiary alicyclic amines) is 1. The van der Waals surface area contributed by atoms with Crippen LogP contribution in [-0.2, 0) is 0 Å². The lowest BCUT2D eigenvalue weighted by molar-refractivity contribution is -0.387. The SMILES string of the molecule is CN(C)C1CCN(C(=O)c2cc(F)cc([N+](=O)[O-])c2F)C1. The molecule has 1 amide bonds. The summed E-state index contributed by atoms with van der Waals surface area (Å²) in [7, 11) is 3.73. The van der Waals surface area contributed by atoms with Gasteiger partial charge in [0.25, 0.3) is 5.91 Å². The number of nitro groups is 1. The largest absolute Gasteiger partial charge is 0.337 e. The second-order valence-electron chi connectivity index (χ2n) is 5.20. The number of hydrogen-bond acceptors (Lipinski definition) is 4. The first-order chi connectivity index (χ1) is 9.81. The number of amides is 1. The molecule has 8 heteroatoms. The van der Waals surface area contributed by atoms with E-state index >= 15 is 0 Å². The Morgan fingerprint density at radius 2 is 2.10 bits per heavy atom. The van der Waals surface area contributed by atoms with E-state index in [1.54, 1.807) is 0 Å². The Bertz CT molecular complexity index is 592. The summed E-state index contributed by atoms with van der Waals surface area (Å²) in [4.78, 5) is 25.2. The second-order valence-corrected chi connectivity index (χ2v) is 5.20. The number of benzene rings is 1. The molecule has 0 aromatic heterocycles. The molecule has 6 nitrogen and oxygen atoms in total. The molecule has 21 heavy (non-hydrogen) atoms. The summed E-state index contributed by atoms with van der Waals surface area (Å²) >= 11 is 0. The molecule has 1 heterocycles. The van der Waals surface area contributed by atoms with Crippen LogP contribution in [0.1, 0.15) is 16.8 Å². The number of carbonyl (C=O) groups is 1. The Labute approximate surface area is 120 Å². The third kappa shape index (κ3) is 2.99. The molecule has 0 bridgehead atoms. The minimum absolute atomic E-state index is 0.139. The monoisotopic (exact) mass is 299 g/mol. The summed E-state index contributed by atoms with van der Waals surface area (Å²) in [6.45, 7) is 0.793. The molecular weight excluding hydrogens is 284 g/mol. The fourth-order valence-corrected chi connectivity index (χ4v) is 2.38. The van der Waals surface area contributed by atoms with Gasteiger partial charge in [-0.2, -0.15) is 4.39 Å². The lowest BCUT2D eigenvalue weighted by atomic mass is 10.1. The first-order valence-electron chi connectivity index (χ1n) is 6.40. The topological polar surface area (TPSA) is 66.7 Å². The van der Waals surface area contributed by atoms with Gasteiger partial charge in [0, 0.05) is 19.1 Å². The lowest BCUT2D eigenvalue weighted by Crippen LogP contribution is -2.35. The summed E-state index contributed by atoms with van der Waals surface area (Å²) in [5.74, 6) is -3.02. The molecular formula is C13H15F2N3O3. The van der Waals surface area contributed by atoms with Crippen molar-refractivity contribution in [1.29, 1.82) is 0 Å². The standard InChI is InChI=1S/C13H15F2N3O3/c1-16(2)9-3-4-17(7-9)13(19)10-5-8(14)6-11(12(10)15)18(20)21/h5-6,9H,3-4,7H2,1-2H3. The van der Waals surface area contributed by atoms with Crippen LogP contribution in [-0.4, -0.2) is 53.9 Å². The maximum absolute atomic E-state index is 14.0. The van der Waals surface area contributed by atoms with Gasteiger partial charge in [0.2, 0.25) is 5.82 Å². The predicted octanol–water partition coefficient (Wildman–Crippen LogP) is 1.65. The van der Waals surface area contributed by atoms with Crippen molar-refractivity contribution in [3.63, 3.8) is 0 Å². The van der Waals surface area contributed by atoms with Crippen LogP contribution in [0.2, 0.25) is 0 Å². The molecule has 1 aromatic rings. The van der Waals surface area contributed by atoms with Crippen molar-refractivity contribution in [3.05, 3.63) is 39.4 Å². The second kappa shape index (κ2) is 5.72. The highest BCUT2D eigenvalue weighted by Crippen LogP contribution is 2.25. The number of nitrogens with zero attached hydrogens (tertiary/aromatic N) is 3. The molecule has 0 N–H and O–H groups in total. The van der Waals surface area contributed by atoms with Crippen LogP contribution in [0.3, 0.4) is 0 Å². The van der Waals surface area contributed by atoms with E-state index in [4.69, 9.17) is 0 Å².